The number of carbonyl (C=O) groups excluding carboxylic acids is 1. The fourth-order valence-corrected chi connectivity index (χ4v) is 1.12. The fraction of sp³-hybridized carbons (Fsp3) is 0.571. The van der Waals surface area contributed by atoms with Crippen LogP contribution in [0.3, 0.4) is 0 Å². The molecule has 0 unspecified atom stereocenters. The zero-order chi connectivity index (χ0) is 9.84. The van der Waals surface area contributed by atoms with Gasteiger partial charge in [0.05, 0.1) is 0 Å². The van der Waals surface area contributed by atoms with E-state index >= 15 is 0 Å². The van der Waals surface area contributed by atoms with E-state index in [4.69, 9.17) is 10.8 Å². The number of aliphatic carboxylic acids is 1. The Bertz CT molecular complexity index is 251. The summed E-state index contributed by atoms with van der Waals surface area (Å²) in [5.41, 5.74) is 7.56. The van der Waals surface area contributed by atoms with Crippen molar-refractivity contribution < 1.29 is 14.7 Å². The maximum Gasteiger partial charge on any atom is 0.320 e. The summed E-state index contributed by atoms with van der Waals surface area (Å²) in [5.74, 6) is -1.43. The van der Waals surface area contributed by atoms with Gasteiger partial charge in [-0.3, -0.25) is 9.59 Å². The van der Waals surface area contributed by atoms with Gasteiger partial charge in [-0.15, -0.1) is 0 Å². The fourth-order valence-electron chi connectivity index (χ4n) is 1.12. The van der Waals surface area contributed by atoms with Crippen LogP contribution < -0.4 is 11.2 Å². The van der Waals surface area contributed by atoms with E-state index in [2.05, 4.69) is 10.5 Å². The minimum absolute atomic E-state index is 0.167. The molecule has 0 radical (unpaired) electrons. The van der Waals surface area contributed by atoms with Gasteiger partial charge in [-0.1, -0.05) is 0 Å². The van der Waals surface area contributed by atoms with Crippen molar-refractivity contribution in [1.82, 2.24) is 5.43 Å². The highest BCUT2D eigenvalue weighted by Gasteiger charge is 2.21. The van der Waals surface area contributed by atoms with Crippen molar-refractivity contribution in [3.8, 4) is 0 Å². The summed E-state index contributed by atoms with van der Waals surface area (Å²) >= 11 is 0. The van der Waals surface area contributed by atoms with Gasteiger partial charge in [-0.05, 0) is 6.42 Å². The number of nitrogens with zero attached hydrogens (tertiary/aromatic N) is 1. The van der Waals surface area contributed by atoms with Crippen molar-refractivity contribution in [2.75, 3.05) is 0 Å². The van der Waals surface area contributed by atoms with Crippen molar-refractivity contribution in [3.63, 3.8) is 0 Å². The molecule has 1 aliphatic rings. The van der Waals surface area contributed by atoms with E-state index in [1.54, 1.807) is 0 Å². The van der Waals surface area contributed by atoms with Gasteiger partial charge in [-0.2, -0.15) is 5.10 Å². The molecule has 13 heavy (non-hydrogen) atoms. The van der Waals surface area contributed by atoms with Crippen LogP contribution in [-0.2, 0) is 9.59 Å². The minimum Gasteiger partial charge on any atom is -0.480 e. The van der Waals surface area contributed by atoms with Crippen LogP contribution in [0.5, 0.6) is 0 Å². The lowest BCUT2D eigenvalue weighted by Gasteiger charge is -2.16. The molecule has 6 nitrogen and oxygen atoms in total. The van der Waals surface area contributed by atoms with E-state index in [0.29, 0.717) is 0 Å². The van der Waals surface area contributed by atoms with Crippen LogP contribution in [0.4, 0.5) is 0 Å². The lowest BCUT2D eigenvalue weighted by molar-refractivity contribution is -0.139. The molecular formula is C7H11N3O3. The van der Waals surface area contributed by atoms with Crippen molar-refractivity contribution in [1.29, 1.82) is 0 Å². The third-order valence-electron chi connectivity index (χ3n) is 1.80. The molecule has 6 heteroatoms. The number of rotatable bonds is 3. The quantitative estimate of drug-likeness (QED) is 0.519. The number of carboxylic acids is 1. The van der Waals surface area contributed by atoms with E-state index in [0.717, 1.165) is 0 Å². The highest BCUT2D eigenvalue weighted by atomic mass is 16.4. The molecule has 0 aromatic heterocycles. The molecule has 2 atom stereocenters. The van der Waals surface area contributed by atoms with E-state index in [9.17, 15) is 9.59 Å². The summed E-state index contributed by atoms with van der Waals surface area (Å²) in [7, 11) is 0. The number of carboxylic acid groups (broad SMARTS) is 1. The number of hydrogen-bond acceptors (Lipinski definition) is 4. The molecule has 72 valence electrons. The standard InChI is InChI=1S/C7H11N3O3/c8-5(7(12)13)1-4-2-6(11)10-9-3-4/h3-5H,1-2,8H2,(H,10,11)(H,12,13)/t4-,5+/m1/s1. The van der Waals surface area contributed by atoms with Gasteiger partial charge in [0.15, 0.2) is 0 Å². The van der Waals surface area contributed by atoms with Gasteiger partial charge in [0.25, 0.3) is 0 Å². The van der Waals surface area contributed by atoms with Gasteiger partial charge in [-0.25, -0.2) is 5.43 Å². The average molecular weight is 185 g/mol. The van der Waals surface area contributed by atoms with Crippen LogP contribution in [0.25, 0.3) is 0 Å². The van der Waals surface area contributed by atoms with E-state index in [1.807, 2.05) is 0 Å². The molecule has 0 bridgehead atoms. The molecule has 1 aliphatic heterocycles. The first-order valence-corrected chi connectivity index (χ1v) is 3.90. The Labute approximate surface area is 74.8 Å². The molecule has 0 saturated heterocycles. The van der Waals surface area contributed by atoms with Gasteiger partial charge in [0.2, 0.25) is 5.91 Å². The Kier molecular flexibility index (Phi) is 2.97. The molecular weight excluding hydrogens is 174 g/mol. The normalized spacial score (nSPS) is 23.8. The summed E-state index contributed by atoms with van der Waals surface area (Å²) in [6.45, 7) is 0. The van der Waals surface area contributed by atoms with Gasteiger partial charge >= 0.3 is 5.97 Å². The highest BCUT2D eigenvalue weighted by molar-refractivity contribution is 5.84. The SMILES string of the molecule is N[C@@H](C[C@H]1C=NNC(=O)C1)C(=O)O. The molecule has 0 fully saturated rings. The van der Waals surface area contributed by atoms with E-state index < -0.39 is 12.0 Å². The maximum absolute atomic E-state index is 10.8. The van der Waals surface area contributed by atoms with Crippen LogP contribution in [0.1, 0.15) is 12.8 Å². The largest absolute Gasteiger partial charge is 0.480 e. The zero-order valence-corrected chi connectivity index (χ0v) is 6.93. The highest BCUT2D eigenvalue weighted by Crippen LogP contribution is 2.10. The van der Waals surface area contributed by atoms with Crippen LogP contribution in [0, 0.1) is 5.92 Å². The topological polar surface area (TPSA) is 105 Å². The molecule has 0 aromatic carbocycles. The average Bonchev–Trinajstić information content (AvgIpc) is 2.04. The first-order chi connectivity index (χ1) is 6.09. The second-order valence-corrected chi connectivity index (χ2v) is 2.96. The Morgan fingerprint density at radius 3 is 3.15 bits per heavy atom. The summed E-state index contributed by atoms with van der Waals surface area (Å²) in [6, 6.07) is -0.928. The van der Waals surface area contributed by atoms with Crippen LogP contribution in [0.2, 0.25) is 0 Å². The zero-order valence-electron chi connectivity index (χ0n) is 6.93. The Morgan fingerprint density at radius 2 is 2.62 bits per heavy atom. The lowest BCUT2D eigenvalue weighted by Crippen LogP contribution is -2.36. The third-order valence-corrected chi connectivity index (χ3v) is 1.80. The van der Waals surface area contributed by atoms with Crippen molar-refractivity contribution in [3.05, 3.63) is 0 Å². The third kappa shape index (κ3) is 2.83. The minimum atomic E-state index is -1.06. The molecule has 4 N–H and O–H groups in total. The second kappa shape index (κ2) is 3.99. The Morgan fingerprint density at radius 1 is 1.92 bits per heavy atom. The summed E-state index contributed by atoms with van der Waals surface area (Å²) < 4.78 is 0. The monoisotopic (exact) mass is 185 g/mol. The molecule has 1 amide bonds. The van der Waals surface area contributed by atoms with E-state index in [-0.39, 0.29) is 24.7 Å². The molecule has 0 spiro atoms. The Balaban J connectivity index is 2.45. The van der Waals surface area contributed by atoms with Gasteiger partial charge < -0.3 is 10.8 Å². The van der Waals surface area contributed by atoms with Crippen LogP contribution in [0.15, 0.2) is 5.10 Å². The summed E-state index contributed by atoms with van der Waals surface area (Å²) in [5, 5.41) is 12.1. The summed E-state index contributed by atoms with van der Waals surface area (Å²) in [6.07, 6.45) is 2.01. The van der Waals surface area contributed by atoms with Crippen molar-refractivity contribution in [2.24, 2.45) is 16.8 Å². The molecule has 1 rings (SSSR count). The predicted molar refractivity (Wildman–Crippen MR) is 45.0 cm³/mol. The second-order valence-electron chi connectivity index (χ2n) is 2.96. The number of nitrogens with one attached hydrogen (secondary N) is 1. The Hall–Kier alpha value is -1.43. The number of hydrogen-bond donors (Lipinski definition) is 3. The lowest BCUT2D eigenvalue weighted by atomic mass is 9.97. The van der Waals surface area contributed by atoms with Gasteiger partial charge in [0.1, 0.15) is 6.04 Å². The first kappa shape index (κ1) is 9.66. The smallest absolute Gasteiger partial charge is 0.320 e. The number of amides is 1. The van der Waals surface area contributed by atoms with Gasteiger partial charge in [0, 0.05) is 18.6 Å². The molecule has 1 heterocycles. The number of hydrazone groups is 1. The predicted octanol–water partition coefficient (Wildman–Crippen LogP) is -1.09. The van der Waals surface area contributed by atoms with E-state index in [1.165, 1.54) is 6.21 Å². The van der Waals surface area contributed by atoms with Crippen molar-refractivity contribution >= 4 is 18.1 Å². The maximum atomic E-state index is 10.8. The molecule has 0 aromatic rings. The summed E-state index contributed by atoms with van der Waals surface area (Å²) in [4.78, 5) is 21.2. The number of carbonyl (C=O) groups is 2. The first-order valence-electron chi connectivity index (χ1n) is 3.90. The molecule has 0 saturated carbocycles. The van der Waals surface area contributed by atoms with Crippen LogP contribution in [-0.4, -0.2) is 29.2 Å². The van der Waals surface area contributed by atoms with Crippen LogP contribution >= 0.6 is 0 Å². The molecule has 0 aliphatic carbocycles. The number of nitrogens with two attached hydrogens (primary N) is 1. The van der Waals surface area contributed by atoms with Crippen molar-refractivity contribution in [2.45, 2.75) is 18.9 Å².